The number of nitrogens with one attached hydrogen (secondary N) is 1. The fourth-order valence-corrected chi connectivity index (χ4v) is 1.23. The van der Waals surface area contributed by atoms with Gasteiger partial charge in [0.05, 0.1) is 6.61 Å². The van der Waals surface area contributed by atoms with Crippen molar-refractivity contribution in [2.45, 2.75) is 34.1 Å². The number of ether oxygens (including phenoxy) is 1. The van der Waals surface area contributed by atoms with E-state index in [1.165, 1.54) is 0 Å². The predicted octanol–water partition coefficient (Wildman–Crippen LogP) is 2.51. The van der Waals surface area contributed by atoms with Gasteiger partial charge in [-0.1, -0.05) is 20.8 Å². The molecule has 0 amide bonds. The van der Waals surface area contributed by atoms with Gasteiger partial charge in [0.25, 0.3) is 0 Å². The van der Waals surface area contributed by atoms with Gasteiger partial charge >= 0.3 is 0 Å². The van der Waals surface area contributed by atoms with Crippen molar-refractivity contribution in [2.24, 2.45) is 5.92 Å². The Hall–Kier alpha value is -1.32. The van der Waals surface area contributed by atoms with Gasteiger partial charge in [0.1, 0.15) is 11.6 Å². The van der Waals surface area contributed by atoms with Gasteiger partial charge in [-0.25, -0.2) is 4.98 Å². The number of hydrogen-bond acceptors (Lipinski definition) is 4. The maximum absolute atomic E-state index is 5.61. The summed E-state index contributed by atoms with van der Waals surface area (Å²) < 4.78 is 5.61. The quantitative estimate of drug-likeness (QED) is 0.805. The van der Waals surface area contributed by atoms with Crippen LogP contribution in [0.4, 0.5) is 5.82 Å². The van der Waals surface area contributed by atoms with Crippen LogP contribution in [-0.2, 0) is 6.42 Å². The highest BCUT2D eigenvalue weighted by atomic mass is 16.5. The van der Waals surface area contributed by atoms with E-state index in [4.69, 9.17) is 4.74 Å². The van der Waals surface area contributed by atoms with Crippen LogP contribution >= 0.6 is 0 Å². The van der Waals surface area contributed by atoms with Gasteiger partial charge in [-0.2, -0.15) is 4.98 Å². The number of anilines is 1. The molecule has 1 N–H and O–H groups in total. The zero-order valence-electron chi connectivity index (χ0n) is 10.6. The van der Waals surface area contributed by atoms with Crippen molar-refractivity contribution in [3.8, 4) is 5.88 Å². The molecular formula is C12H21N3O. The molecule has 1 aromatic heterocycles. The van der Waals surface area contributed by atoms with Crippen molar-refractivity contribution in [3.63, 3.8) is 0 Å². The van der Waals surface area contributed by atoms with Crippen LogP contribution < -0.4 is 10.1 Å². The van der Waals surface area contributed by atoms with Crippen LogP contribution in [-0.4, -0.2) is 23.1 Å². The molecule has 0 spiro atoms. The second kappa shape index (κ2) is 6.30. The van der Waals surface area contributed by atoms with Gasteiger partial charge in [0.15, 0.2) is 0 Å². The Bertz CT molecular complexity index is 326. The molecule has 0 saturated heterocycles. The van der Waals surface area contributed by atoms with E-state index in [0.29, 0.717) is 18.4 Å². The summed E-state index contributed by atoms with van der Waals surface area (Å²) in [5.41, 5.74) is 0. The van der Waals surface area contributed by atoms with Crippen LogP contribution in [0.15, 0.2) is 6.07 Å². The molecule has 0 atom stereocenters. The Morgan fingerprint density at radius 2 is 2.06 bits per heavy atom. The summed E-state index contributed by atoms with van der Waals surface area (Å²) in [6.07, 6.45) is 0.817. The molecule has 0 fully saturated rings. The third-order valence-corrected chi connectivity index (χ3v) is 1.99. The minimum Gasteiger partial charge on any atom is -0.477 e. The first kappa shape index (κ1) is 12.7. The Morgan fingerprint density at radius 3 is 2.62 bits per heavy atom. The second-order valence-corrected chi connectivity index (χ2v) is 4.10. The first-order valence-corrected chi connectivity index (χ1v) is 5.90. The van der Waals surface area contributed by atoms with E-state index >= 15 is 0 Å². The summed E-state index contributed by atoms with van der Waals surface area (Å²) in [4.78, 5) is 8.70. The highest BCUT2D eigenvalue weighted by Gasteiger charge is 2.04. The smallest absolute Gasteiger partial charge is 0.218 e. The summed E-state index contributed by atoms with van der Waals surface area (Å²) in [6.45, 7) is 9.86. The number of aryl methyl sites for hydroxylation is 1. The van der Waals surface area contributed by atoms with Gasteiger partial charge < -0.3 is 10.1 Å². The number of aromatic nitrogens is 2. The van der Waals surface area contributed by atoms with Crippen molar-refractivity contribution >= 4 is 5.82 Å². The van der Waals surface area contributed by atoms with E-state index < -0.39 is 0 Å². The van der Waals surface area contributed by atoms with E-state index in [2.05, 4.69) is 29.1 Å². The molecule has 0 aromatic carbocycles. The van der Waals surface area contributed by atoms with Gasteiger partial charge in [0, 0.05) is 19.0 Å². The average molecular weight is 223 g/mol. The lowest BCUT2D eigenvalue weighted by molar-refractivity contribution is 0.260. The van der Waals surface area contributed by atoms with Gasteiger partial charge in [-0.05, 0) is 12.8 Å². The SMILES string of the molecule is CCNc1cc(OCC(C)C)nc(CC)n1. The fraction of sp³-hybridized carbons (Fsp3) is 0.667. The highest BCUT2D eigenvalue weighted by Crippen LogP contribution is 2.14. The molecule has 0 unspecified atom stereocenters. The Kier molecular flexibility index (Phi) is 5.02. The zero-order valence-corrected chi connectivity index (χ0v) is 10.6. The third kappa shape index (κ3) is 4.04. The van der Waals surface area contributed by atoms with Crippen LogP contribution in [0, 0.1) is 5.92 Å². The van der Waals surface area contributed by atoms with Crippen LogP contribution in [0.5, 0.6) is 5.88 Å². The summed E-state index contributed by atoms with van der Waals surface area (Å²) >= 11 is 0. The molecule has 0 aliphatic carbocycles. The molecule has 0 saturated carbocycles. The fourth-order valence-electron chi connectivity index (χ4n) is 1.23. The molecule has 1 rings (SSSR count). The largest absolute Gasteiger partial charge is 0.477 e. The molecule has 16 heavy (non-hydrogen) atoms. The number of hydrogen-bond donors (Lipinski definition) is 1. The van der Waals surface area contributed by atoms with Gasteiger partial charge in [-0.3, -0.25) is 0 Å². The van der Waals surface area contributed by atoms with E-state index in [-0.39, 0.29) is 0 Å². The lowest BCUT2D eigenvalue weighted by Gasteiger charge is -2.10. The minimum atomic E-state index is 0.502. The maximum atomic E-state index is 5.61. The Labute approximate surface area is 97.5 Å². The van der Waals surface area contributed by atoms with E-state index in [0.717, 1.165) is 24.6 Å². The van der Waals surface area contributed by atoms with E-state index in [1.807, 2.05) is 19.9 Å². The number of nitrogens with zero attached hydrogens (tertiary/aromatic N) is 2. The van der Waals surface area contributed by atoms with Crippen LogP contribution in [0.3, 0.4) is 0 Å². The van der Waals surface area contributed by atoms with Crippen LogP contribution in [0.2, 0.25) is 0 Å². The zero-order chi connectivity index (χ0) is 12.0. The van der Waals surface area contributed by atoms with Gasteiger partial charge in [-0.15, -0.1) is 0 Å². The molecule has 0 radical (unpaired) electrons. The maximum Gasteiger partial charge on any atom is 0.218 e. The molecule has 0 aliphatic heterocycles. The topological polar surface area (TPSA) is 47.0 Å². The molecule has 1 aromatic rings. The van der Waals surface area contributed by atoms with E-state index in [9.17, 15) is 0 Å². The van der Waals surface area contributed by atoms with Crippen LogP contribution in [0.25, 0.3) is 0 Å². The Morgan fingerprint density at radius 1 is 1.31 bits per heavy atom. The summed E-state index contributed by atoms with van der Waals surface area (Å²) in [5, 5.41) is 3.18. The summed E-state index contributed by atoms with van der Waals surface area (Å²) in [7, 11) is 0. The van der Waals surface area contributed by atoms with Crippen molar-refractivity contribution < 1.29 is 4.74 Å². The van der Waals surface area contributed by atoms with Crippen molar-refractivity contribution in [2.75, 3.05) is 18.5 Å². The van der Waals surface area contributed by atoms with Crippen LogP contribution in [0.1, 0.15) is 33.5 Å². The van der Waals surface area contributed by atoms with E-state index in [1.54, 1.807) is 0 Å². The minimum absolute atomic E-state index is 0.502. The monoisotopic (exact) mass is 223 g/mol. The summed E-state index contributed by atoms with van der Waals surface area (Å²) in [5.74, 6) is 2.82. The van der Waals surface area contributed by atoms with Gasteiger partial charge in [0.2, 0.25) is 5.88 Å². The number of rotatable bonds is 6. The molecule has 0 bridgehead atoms. The molecule has 1 heterocycles. The molecule has 90 valence electrons. The predicted molar refractivity (Wildman–Crippen MR) is 65.9 cm³/mol. The molecule has 4 heteroatoms. The first-order chi connectivity index (χ1) is 7.65. The lowest BCUT2D eigenvalue weighted by Crippen LogP contribution is -2.09. The summed E-state index contributed by atoms with van der Waals surface area (Å²) in [6, 6.07) is 1.85. The lowest BCUT2D eigenvalue weighted by atomic mass is 10.2. The van der Waals surface area contributed by atoms with Crippen molar-refractivity contribution in [1.29, 1.82) is 0 Å². The molecular weight excluding hydrogens is 202 g/mol. The average Bonchev–Trinajstić information content (AvgIpc) is 2.26. The normalized spacial score (nSPS) is 10.6. The second-order valence-electron chi connectivity index (χ2n) is 4.10. The standard InChI is InChI=1S/C12H21N3O/c1-5-10-14-11(13-6-2)7-12(15-10)16-8-9(3)4/h7,9H,5-6,8H2,1-4H3,(H,13,14,15). The first-order valence-electron chi connectivity index (χ1n) is 5.90. The Balaban J connectivity index is 2.77. The molecule has 4 nitrogen and oxygen atoms in total. The highest BCUT2D eigenvalue weighted by molar-refractivity contribution is 5.38. The van der Waals surface area contributed by atoms with Crippen molar-refractivity contribution in [3.05, 3.63) is 11.9 Å². The molecule has 0 aliphatic rings. The third-order valence-electron chi connectivity index (χ3n) is 1.99. The van der Waals surface area contributed by atoms with Crippen molar-refractivity contribution in [1.82, 2.24) is 9.97 Å².